The number of thiol groups is 1. The standard InChI is InChI=1S/C12H18.C12H22.C7H12.C2H7NS.2C2H6.CH3F/c1-12(2)9-8-10-4-3-5-11(12)7-6-10;1-6-11(7-2)10(5)12(8-3)9-4;1-4-6-7(3)5-2;1-3(2)4;3*1-2/h4,6-7,11H,3,5,8-9H2,1-2H3;6,11H,1,7-9H2,2-5H3;4-6H,1-3H3;4H,1-2H3;2*1-2H3;1H3/b;;6-4+,7-5+;;;;. The van der Waals surface area contributed by atoms with Crippen molar-refractivity contribution in [1.82, 2.24) is 4.31 Å². The number of hydrogen-bond donors (Lipinski definition) is 1. The van der Waals surface area contributed by atoms with E-state index in [9.17, 15) is 4.39 Å². The number of nitrogens with zero attached hydrogens (tertiary/aromatic N) is 1. The molecule has 2 rings (SSSR count). The summed E-state index contributed by atoms with van der Waals surface area (Å²) in [5.74, 6) is 1.41. The van der Waals surface area contributed by atoms with Crippen LogP contribution in [0.1, 0.15) is 135 Å². The summed E-state index contributed by atoms with van der Waals surface area (Å²) in [6.45, 7) is 31.8. The molecule has 0 aliphatic heterocycles. The average molecular weight is 596 g/mol. The number of halogens is 1. The second kappa shape index (κ2) is 34.9. The van der Waals surface area contributed by atoms with Crippen LogP contribution < -0.4 is 0 Å². The van der Waals surface area contributed by atoms with Crippen molar-refractivity contribution in [1.29, 1.82) is 0 Å². The predicted molar refractivity (Wildman–Crippen MR) is 197 cm³/mol. The molecule has 0 radical (unpaired) electrons. The van der Waals surface area contributed by atoms with E-state index >= 15 is 0 Å². The minimum absolute atomic E-state index is 0.500. The van der Waals surface area contributed by atoms with E-state index in [1.54, 1.807) is 15.5 Å². The zero-order valence-electron chi connectivity index (χ0n) is 30.6. The summed E-state index contributed by atoms with van der Waals surface area (Å²) in [4.78, 5) is 0. The average Bonchev–Trinajstić information content (AvgIpc) is 3.31. The number of fused-ring (bicyclic) bond motifs is 2. The highest BCUT2D eigenvalue weighted by molar-refractivity contribution is 7.77. The molecule has 2 aliphatic carbocycles. The molecule has 0 spiro atoms. The Bertz CT molecular complexity index is 714. The molecule has 3 heteroatoms. The van der Waals surface area contributed by atoms with Gasteiger partial charge in [-0.3, -0.25) is 8.70 Å². The molecule has 244 valence electrons. The summed E-state index contributed by atoms with van der Waals surface area (Å²) < 4.78 is 11.2. The van der Waals surface area contributed by atoms with E-state index in [2.05, 4.69) is 104 Å². The van der Waals surface area contributed by atoms with Crippen molar-refractivity contribution >= 4 is 12.8 Å². The highest BCUT2D eigenvalue weighted by Crippen LogP contribution is 2.41. The molecule has 0 aromatic carbocycles. The van der Waals surface area contributed by atoms with Gasteiger partial charge in [0.05, 0.1) is 7.18 Å². The first-order chi connectivity index (χ1) is 19.4. The van der Waals surface area contributed by atoms with Crippen molar-refractivity contribution in [2.75, 3.05) is 21.3 Å². The van der Waals surface area contributed by atoms with Gasteiger partial charge in [0.2, 0.25) is 0 Å². The quantitative estimate of drug-likeness (QED) is 0.182. The van der Waals surface area contributed by atoms with Gasteiger partial charge in [-0.1, -0.05) is 140 Å². The van der Waals surface area contributed by atoms with Crippen LogP contribution in [0.2, 0.25) is 0 Å². The Hall–Kier alpha value is -1.32. The number of alkyl halides is 1. The molecule has 0 saturated carbocycles. The van der Waals surface area contributed by atoms with Gasteiger partial charge in [0.15, 0.2) is 0 Å². The zero-order valence-corrected chi connectivity index (χ0v) is 31.5. The third-order valence-corrected chi connectivity index (χ3v) is 7.07. The van der Waals surface area contributed by atoms with Crippen molar-refractivity contribution in [2.45, 2.75) is 135 Å². The van der Waals surface area contributed by atoms with E-state index in [1.807, 2.05) is 61.7 Å². The lowest BCUT2D eigenvalue weighted by atomic mass is 9.73. The van der Waals surface area contributed by atoms with Crippen LogP contribution in [-0.4, -0.2) is 25.6 Å². The van der Waals surface area contributed by atoms with Crippen molar-refractivity contribution < 1.29 is 4.39 Å². The van der Waals surface area contributed by atoms with Crippen LogP contribution in [0.5, 0.6) is 0 Å². The van der Waals surface area contributed by atoms with Gasteiger partial charge in [-0.2, -0.15) is 0 Å². The van der Waals surface area contributed by atoms with Crippen molar-refractivity contribution in [2.24, 2.45) is 17.3 Å². The van der Waals surface area contributed by atoms with E-state index in [1.165, 1.54) is 56.1 Å². The third-order valence-electron chi connectivity index (χ3n) is 7.07. The molecule has 0 fully saturated rings. The van der Waals surface area contributed by atoms with Gasteiger partial charge in [0.25, 0.3) is 0 Å². The number of rotatable bonds is 6. The monoisotopic (exact) mass is 596 g/mol. The van der Waals surface area contributed by atoms with Crippen LogP contribution in [0, 0.1) is 17.3 Å². The first-order valence-electron chi connectivity index (χ1n) is 16.1. The fraction of sp³-hybridized carbons (Fsp3) is 0.684. The predicted octanol–water partition coefficient (Wildman–Crippen LogP) is 13.6. The molecule has 0 saturated heterocycles. The Morgan fingerprint density at radius 3 is 1.90 bits per heavy atom. The van der Waals surface area contributed by atoms with Crippen LogP contribution in [0.3, 0.4) is 0 Å². The zero-order chi connectivity index (χ0) is 33.4. The summed E-state index contributed by atoms with van der Waals surface area (Å²) >= 11 is 3.80. The van der Waals surface area contributed by atoms with Gasteiger partial charge in [-0.05, 0) is 104 Å². The molecule has 0 heterocycles. The molecule has 2 unspecified atom stereocenters. The Balaban J connectivity index is -0.000000139. The molecule has 0 N–H and O–H groups in total. The second-order valence-corrected chi connectivity index (χ2v) is 11.2. The Kier molecular flexibility index (Phi) is 42.0. The molecule has 2 bridgehead atoms. The first kappa shape index (κ1) is 49.4. The van der Waals surface area contributed by atoms with Crippen molar-refractivity contribution in [3.8, 4) is 0 Å². The van der Waals surface area contributed by atoms with Crippen LogP contribution >= 0.6 is 12.8 Å². The second-order valence-electron chi connectivity index (χ2n) is 10.4. The molecule has 2 atom stereocenters. The molecule has 0 aromatic rings. The van der Waals surface area contributed by atoms with Crippen LogP contribution in [0.15, 0.2) is 71.4 Å². The molecule has 41 heavy (non-hydrogen) atoms. The van der Waals surface area contributed by atoms with E-state index < -0.39 is 0 Å². The van der Waals surface area contributed by atoms with Gasteiger partial charge in [0, 0.05) is 0 Å². The minimum atomic E-state index is 0.500. The van der Waals surface area contributed by atoms with Gasteiger partial charge < -0.3 is 0 Å². The SMILES string of the molecule is C/C=C/C(C)=C/C.C=CC(CC)C(C)=C(CC)CC.CC.CC.CC1(C)CCC2=CCCC1C=C2.CF.CN(C)S. The van der Waals surface area contributed by atoms with Crippen molar-refractivity contribution in [3.05, 3.63) is 71.4 Å². The third kappa shape index (κ3) is 28.6. The normalized spacial score (nSPS) is 16.7. The largest absolute Gasteiger partial charge is 0.259 e. The molecule has 0 aromatic heterocycles. The number of allylic oxidation sites excluding steroid dienone is 11. The van der Waals surface area contributed by atoms with Crippen LogP contribution in [0.25, 0.3) is 0 Å². The Morgan fingerprint density at radius 1 is 1.07 bits per heavy atom. The summed E-state index contributed by atoms with van der Waals surface area (Å²) in [6.07, 6.45) is 24.3. The van der Waals surface area contributed by atoms with Gasteiger partial charge in [0.1, 0.15) is 0 Å². The fourth-order valence-electron chi connectivity index (χ4n) is 4.42. The summed E-state index contributed by atoms with van der Waals surface area (Å²) in [5.41, 5.74) is 6.57. The van der Waals surface area contributed by atoms with E-state index in [0.29, 0.717) is 18.5 Å². The topological polar surface area (TPSA) is 3.24 Å². The van der Waals surface area contributed by atoms with E-state index in [-0.39, 0.29) is 0 Å². The van der Waals surface area contributed by atoms with Crippen LogP contribution in [0.4, 0.5) is 4.39 Å². The maximum absolute atomic E-state index is 9.50. The molecule has 0 amide bonds. The smallest absolute Gasteiger partial charge is 0.0785 e. The van der Waals surface area contributed by atoms with E-state index in [0.717, 1.165) is 5.92 Å². The first-order valence-corrected chi connectivity index (χ1v) is 16.5. The van der Waals surface area contributed by atoms with Crippen molar-refractivity contribution in [3.63, 3.8) is 0 Å². The minimum Gasteiger partial charge on any atom is -0.259 e. The summed E-state index contributed by atoms with van der Waals surface area (Å²) in [6, 6.07) is 0. The lowest BCUT2D eigenvalue weighted by molar-refractivity contribution is 0.229. The molecular weight excluding hydrogens is 521 g/mol. The summed E-state index contributed by atoms with van der Waals surface area (Å²) in [5, 5.41) is 0. The maximum Gasteiger partial charge on any atom is 0.0785 e. The van der Waals surface area contributed by atoms with Gasteiger partial charge in [-0.25, -0.2) is 0 Å². The lowest BCUT2D eigenvalue weighted by Gasteiger charge is -2.32. The highest BCUT2D eigenvalue weighted by Gasteiger charge is 2.29. The number of hydrogen-bond acceptors (Lipinski definition) is 2. The molecular formula is C38H74FNS. The Labute approximate surface area is 265 Å². The Morgan fingerprint density at radius 2 is 1.56 bits per heavy atom. The fourth-order valence-corrected chi connectivity index (χ4v) is 4.42. The lowest BCUT2D eigenvalue weighted by Crippen LogP contribution is -2.21. The molecule has 2 aliphatic rings. The summed E-state index contributed by atoms with van der Waals surface area (Å²) in [7, 11) is 4.23. The maximum atomic E-state index is 9.50. The van der Waals surface area contributed by atoms with E-state index in [4.69, 9.17) is 0 Å². The van der Waals surface area contributed by atoms with Gasteiger partial charge >= 0.3 is 0 Å². The van der Waals surface area contributed by atoms with Gasteiger partial charge in [-0.15, -0.1) is 6.58 Å². The van der Waals surface area contributed by atoms with Crippen LogP contribution in [-0.2, 0) is 0 Å². The highest BCUT2D eigenvalue weighted by atomic mass is 32.1. The molecule has 1 nitrogen and oxygen atoms in total.